The topological polar surface area (TPSA) is 23.8 Å². The summed E-state index contributed by atoms with van der Waals surface area (Å²) in [6.07, 6.45) is 5.61. The molecule has 1 atom stereocenters. The van der Waals surface area contributed by atoms with Crippen molar-refractivity contribution in [1.82, 2.24) is 0 Å². The zero-order chi connectivity index (χ0) is 6.69. The molecule has 0 amide bonds. The highest BCUT2D eigenvalue weighted by molar-refractivity contribution is 5.13. The van der Waals surface area contributed by atoms with E-state index in [0.717, 1.165) is 6.42 Å². The Hall–Kier alpha value is -0.770. The maximum atomic E-state index is 8.57. The molecule has 0 heterocycles. The molecule has 0 aromatic heterocycles. The molecule has 0 radical (unpaired) electrons. The number of allylic oxidation sites excluding steroid dienone is 2. The van der Waals surface area contributed by atoms with Crippen molar-refractivity contribution in [2.75, 3.05) is 0 Å². The van der Waals surface area contributed by atoms with Gasteiger partial charge in [0.15, 0.2) is 0 Å². The predicted molar refractivity (Wildman–Crippen MR) is 36.7 cm³/mol. The SMILES string of the molecule is CC1=CCCC[C@@H]1C#N. The van der Waals surface area contributed by atoms with Crippen LogP contribution in [0.1, 0.15) is 26.2 Å². The first kappa shape index (κ1) is 6.35. The van der Waals surface area contributed by atoms with Crippen molar-refractivity contribution in [3.05, 3.63) is 11.6 Å². The monoisotopic (exact) mass is 121 g/mol. The normalized spacial score (nSPS) is 26.7. The van der Waals surface area contributed by atoms with Gasteiger partial charge in [-0.05, 0) is 26.2 Å². The highest BCUT2D eigenvalue weighted by atomic mass is 14.3. The number of hydrogen-bond donors (Lipinski definition) is 0. The van der Waals surface area contributed by atoms with Crippen LogP contribution in [0.25, 0.3) is 0 Å². The quantitative estimate of drug-likeness (QED) is 0.451. The minimum atomic E-state index is 0.221. The fourth-order valence-electron chi connectivity index (χ4n) is 1.19. The first-order valence-corrected chi connectivity index (χ1v) is 3.41. The van der Waals surface area contributed by atoms with Gasteiger partial charge in [-0.1, -0.05) is 11.6 Å². The zero-order valence-electron chi connectivity index (χ0n) is 5.72. The van der Waals surface area contributed by atoms with Gasteiger partial charge in [0.1, 0.15) is 0 Å². The molecule has 0 aromatic rings. The van der Waals surface area contributed by atoms with Crippen LogP contribution in [0.15, 0.2) is 11.6 Å². The van der Waals surface area contributed by atoms with Crippen LogP contribution >= 0.6 is 0 Å². The third-order valence-electron chi connectivity index (χ3n) is 1.87. The van der Waals surface area contributed by atoms with E-state index in [4.69, 9.17) is 5.26 Å². The molecule has 0 saturated heterocycles. The van der Waals surface area contributed by atoms with Gasteiger partial charge in [0.05, 0.1) is 12.0 Å². The van der Waals surface area contributed by atoms with Crippen LogP contribution in [0.4, 0.5) is 0 Å². The Balaban J connectivity index is 2.64. The smallest absolute Gasteiger partial charge is 0.0700 e. The third-order valence-corrected chi connectivity index (χ3v) is 1.87. The minimum Gasteiger partial charge on any atom is -0.198 e. The predicted octanol–water partition coefficient (Wildman–Crippen LogP) is 2.26. The second-order valence-corrected chi connectivity index (χ2v) is 2.56. The maximum Gasteiger partial charge on any atom is 0.0700 e. The first-order chi connectivity index (χ1) is 4.34. The summed E-state index contributed by atoms with van der Waals surface area (Å²) in [5.74, 6) is 0.221. The Bertz CT molecular complexity index is 162. The lowest BCUT2D eigenvalue weighted by Crippen LogP contribution is -2.02. The summed E-state index contributed by atoms with van der Waals surface area (Å²) >= 11 is 0. The molecular weight excluding hydrogens is 110 g/mol. The van der Waals surface area contributed by atoms with Gasteiger partial charge in [0, 0.05) is 0 Å². The van der Waals surface area contributed by atoms with Crippen molar-refractivity contribution in [2.45, 2.75) is 26.2 Å². The van der Waals surface area contributed by atoms with Gasteiger partial charge < -0.3 is 0 Å². The van der Waals surface area contributed by atoms with Crippen molar-refractivity contribution in [3.63, 3.8) is 0 Å². The first-order valence-electron chi connectivity index (χ1n) is 3.41. The van der Waals surface area contributed by atoms with E-state index in [9.17, 15) is 0 Å². The van der Waals surface area contributed by atoms with E-state index in [0.29, 0.717) is 0 Å². The molecule has 1 aliphatic rings. The molecule has 0 spiro atoms. The summed E-state index contributed by atoms with van der Waals surface area (Å²) in [4.78, 5) is 0. The number of hydrogen-bond acceptors (Lipinski definition) is 1. The molecule has 0 aromatic carbocycles. The molecule has 9 heavy (non-hydrogen) atoms. The van der Waals surface area contributed by atoms with Crippen LogP contribution in [-0.4, -0.2) is 0 Å². The van der Waals surface area contributed by atoms with E-state index in [2.05, 4.69) is 12.1 Å². The summed E-state index contributed by atoms with van der Waals surface area (Å²) < 4.78 is 0. The molecule has 48 valence electrons. The molecule has 1 heteroatoms. The van der Waals surface area contributed by atoms with E-state index >= 15 is 0 Å². The molecule has 1 aliphatic carbocycles. The van der Waals surface area contributed by atoms with Crippen molar-refractivity contribution in [2.24, 2.45) is 5.92 Å². The van der Waals surface area contributed by atoms with Crippen LogP contribution in [0.3, 0.4) is 0 Å². The minimum absolute atomic E-state index is 0.221. The lowest BCUT2D eigenvalue weighted by molar-refractivity contribution is 0.607. The Kier molecular flexibility index (Phi) is 1.89. The number of nitriles is 1. The lowest BCUT2D eigenvalue weighted by Gasteiger charge is -2.13. The number of nitrogens with zero attached hydrogens (tertiary/aromatic N) is 1. The highest BCUT2D eigenvalue weighted by Gasteiger charge is 2.11. The van der Waals surface area contributed by atoms with Gasteiger partial charge in [-0.3, -0.25) is 0 Å². The van der Waals surface area contributed by atoms with Crippen molar-refractivity contribution in [1.29, 1.82) is 5.26 Å². The van der Waals surface area contributed by atoms with E-state index in [-0.39, 0.29) is 5.92 Å². The van der Waals surface area contributed by atoms with Gasteiger partial charge in [-0.25, -0.2) is 0 Å². The Morgan fingerprint density at radius 3 is 3.00 bits per heavy atom. The van der Waals surface area contributed by atoms with Crippen molar-refractivity contribution < 1.29 is 0 Å². The van der Waals surface area contributed by atoms with Gasteiger partial charge >= 0.3 is 0 Å². The Labute approximate surface area is 56.0 Å². The maximum absolute atomic E-state index is 8.57. The van der Waals surface area contributed by atoms with Crippen LogP contribution in [0.2, 0.25) is 0 Å². The molecule has 0 unspecified atom stereocenters. The van der Waals surface area contributed by atoms with E-state index in [1.54, 1.807) is 0 Å². The summed E-state index contributed by atoms with van der Waals surface area (Å²) in [5, 5.41) is 8.57. The van der Waals surface area contributed by atoms with Gasteiger partial charge in [-0.15, -0.1) is 0 Å². The Morgan fingerprint density at radius 2 is 2.56 bits per heavy atom. The Morgan fingerprint density at radius 1 is 1.78 bits per heavy atom. The molecule has 0 fully saturated rings. The number of rotatable bonds is 0. The summed E-state index contributed by atoms with van der Waals surface area (Å²) in [6, 6.07) is 2.29. The average Bonchev–Trinajstić information content (AvgIpc) is 1.89. The van der Waals surface area contributed by atoms with Crippen LogP contribution in [-0.2, 0) is 0 Å². The molecular formula is C8H11N. The molecule has 0 saturated carbocycles. The molecule has 1 nitrogen and oxygen atoms in total. The molecule has 0 aliphatic heterocycles. The standard InChI is InChI=1S/C8H11N/c1-7-4-2-3-5-8(7)6-9/h4,8H,2-3,5H2,1H3/t8-/m1/s1. The second kappa shape index (κ2) is 2.68. The van der Waals surface area contributed by atoms with Crippen LogP contribution in [0.5, 0.6) is 0 Å². The van der Waals surface area contributed by atoms with Crippen molar-refractivity contribution >= 4 is 0 Å². The summed E-state index contributed by atoms with van der Waals surface area (Å²) in [7, 11) is 0. The highest BCUT2D eigenvalue weighted by Crippen LogP contribution is 2.22. The fourth-order valence-corrected chi connectivity index (χ4v) is 1.19. The van der Waals surface area contributed by atoms with Crippen molar-refractivity contribution in [3.8, 4) is 6.07 Å². The van der Waals surface area contributed by atoms with Gasteiger partial charge in [0.2, 0.25) is 0 Å². The molecule has 0 N–H and O–H groups in total. The molecule has 0 bridgehead atoms. The van der Waals surface area contributed by atoms with E-state index in [1.165, 1.54) is 18.4 Å². The van der Waals surface area contributed by atoms with Gasteiger partial charge in [0.25, 0.3) is 0 Å². The average molecular weight is 121 g/mol. The lowest BCUT2D eigenvalue weighted by atomic mass is 9.90. The second-order valence-electron chi connectivity index (χ2n) is 2.56. The van der Waals surface area contributed by atoms with E-state index < -0.39 is 0 Å². The summed E-state index contributed by atoms with van der Waals surface area (Å²) in [5.41, 5.74) is 1.27. The van der Waals surface area contributed by atoms with E-state index in [1.807, 2.05) is 6.92 Å². The van der Waals surface area contributed by atoms with Gasteiger partial charge in [-0.2, -0.15) is 5.26 Å². The summed E-state index contributed by atoms with van der Waals surface area (Å²) in [6.45, 7) is 2.05. The molecule has 1 rings (SSSR count). The van der Waals surface area contributed by atoms with Crippen LogP contribution < -0.4 is 0 Å². The largest absolute Gasteiger partial charge is 0.198 e. The zero-order valence-corrected chi connectivity index (χ0v) is 5.72. The third kappa shape index (κ3) is 1.32. The fraction of sp³-hybridized carbons (Fsp3) is 0.625. The van der Waals surface area contributed by atoms with Crippen LogP contribution in [0, 0.1) is 17.2 Å².